The van der Waals surface area contributed by atoms with Crippen LogP contribution in [0.2, 0.25) is 0 Å². The Morgan fingerprint density at radius 2 is 1.65 bits per heavy atom. The smallest absolute Gasteiger partial charge is 0.382 e. The van der Waals surface area contributed by atoms with Crippen molar-refractivity contribution < 1.29 is 26.9 Å². The molecule has 0 aliphatic carbocycles. The van der Waals surface area contributed by atoms with Crippen LogP contribution in [0.25, 0.3) is 0 Å². The van der Waals surface area contributed by atoms with Crippen molar-refractivity contribution in [2.45, 2.75) is 13.8 Å². The van der Waals surface area contributed by atoms with E-state index in [-0.39, 0.29) is 5.75 Å². The van der Waals surface area contributed by atoms with Crippen molar-refractivity contribution >= 4 is 10.4 Å². The van der Waals surface area contributed by atoms with Crippen LogP contribution in [-0.2, 0) is 19.5 Å². The molecular weight excluding hydrogens is 248 g/mol. The van der Waals surface area contributed by atoms with Crippen molar-refractivity contribution in [3.8, 4) is 5.75 Å². The standard InChI is InChI=1S/C6H6O5S.C4H10O/c7-12(8,9)11-10-6-4-2-1-3-5-6;1-3-5-4-2/h1-5H,(H,7,8,9);3-4H2,1-2H3. The Bertz CT molecular complexity index is 373. The first-order valence-corrected chi connectivity index (χ1v) is 6.32. The Morgan fingerprint density at radius 1 is 1.12 bits per heavy atom. The third-order valence-electron chi connectivity index (χ3n) is 1.37. The minimum Gasteiger partial charge on any atom is -0.382 e. The molecule has 0 saturated heterocycles. The summed E-state index contributed by atoms with van der Waals surface area (Å²) in [6.45, 7) is 5.67. The molecule has 0 radical (unpaired) electrons. The molecule has 0 unspecified atom stereocenters. The molecule has 0 aliphatic heterocycles. The van der Waals surface area contributed by atoms with Gasteiger partial charge in [0, 0.05) is 13.2 Å². The van der Waals surface area contributed by atoms with E-state index in [0.29, 0.717) is 0 Å². The summed E-state index contributed by atoms with van der Waals surface area (Å²) in [6, 6.07) is 7.93. The Hall–Kier alpha value is -1.15. The maximum absolute atomic E-state index is 10.0. The molecule has 0 amide bonds. The lowest BCUT2D eigenvalue weighted by Crippen LogP contribution is -2.06. The number of rotatable bonds is 5. The quantitative estimate of drug-likeness (QED) is 0.496. The number of hydrogen-bond acceptors (Lipinski definition) is 5. The zero-order valence-electron chi connectivity index (χ0n) is 9.70. The summed E-state index contributed by atoms with van der Waals surface area (Å²) in [4.78, 5) is 4.23. The third-order valence-corrected chi connectivity index (χ3v) is 1.61. The van der Waals surface area contributed by atoms with E-state index in [9.17, 15) is 8.42 Å². The number of benzene rings is 1. The summed E-state index contributed by atoms with van der Waals surface area (Å²) in [5, 5.41) is 0. The van der Waals surface area contributed by atoms with E-state index in [0.717, 1.165) is 13.2 Å². The molecule has 1 N–H and O–H groups in total. The molecule has 1 rings (SSSR count). The van der Waals surface area contributed by atoms with Crippen molar-refractivity contribution in [1.82, 2.24) is 0 Å². The first-order chi connectivity index (χ1) is 7.99. The van der Waals surface area contributed by atoms with Crippen molar-refractivity contribution in [2.75, 3.05) is 13.2 Å². The Morgan fingerprint density at radius 3 is 2.00 bits per heavy atom. The van der Waals surface area contributed by atoms with Gasteiger partial charge in [-0.05, 0) is 30.3 Å². The fraction of sp³-hybridized carbons (Fsp3) is 0.400. The summed E-state index contributed by atoms with van der Waals surface area (Å²) in [6.07, 6.45) is 0. The molecule has 0 heterocycles. The molecule has 98 valence electrons. The summed E-state index contributed by atoms with van der Waals surface area (Å²) < 4.78 is 36.6. The molecule has 0 aromatic heterocycles. The van der Waals surface area contributed by atoms with Crippen LogP contribution in [-0.4, -0.2) is 26.2 Å². The van der Waals surface area contributed by atoms with E-state index >= 15 is 0 Å². The fourth-order valence-electron chi connectivity index (χ4n) is 0.762. The lowest BCUT2D eigenvalue weighted by atomic mass is 10.3. The van der Waals surface area contributed by atoms with Gasteiger partial charge < -0.3 is 9.62 Å². The van der Waals surface area contributed by atoms with Crippen molar-refractivity contribution in [3.63, 3.8) is 0 Å². The molecule has 0 atom stereocenters. The fourth-order valence-corrected chi connectivity index (χ4v) is 0.927. The maximum Gasteiger partial charge on any atom is 0.432 e. The predicted molar refractivity (Wildman–Crippen MR) is 61.9 cm³/mol. The molecule has 0 aliphatic rings. The number of hydrogen-bond donors (Lipinski definition) is 1. The molecule has 1 aromatic carbocycles. The van der Waals surface area contributed by atoms with Gasteiger partial charge in [0.15, 0.2) is 5.75 Å². The van der Waals surface area contributed by atoms with E-state index in [1.807, 2.05) is 13.8 Å². The topological polar surface area (TPSA) is 82.1 Å². The van der Waals surface area contributed by atoms with E-state index in [1.165, 1.54) is 12.1 Å². The van der Waals surface area contributed by atoms with Crippen molar-refractivity contribution in [2.24, 2.45) is 0 Å². The van der Waals surface area contributed by atoms with Crippen LogP contribution in [0.3, 0.4) is 0 Å². The highest BCUT2D eigenvalue weighted by atomic mass is 32.3. The molecule has 17 heavy (non-hydrogen) atoms. The van der Waals surface area contributed by atoms with E-state index < -0.39 is 10.4 Å². The van der Waals surface area contributed by atoms with Crippen LogP contribution >= 0.6 is 0 Å². The predicted octanol–water partition coefficient (Wildman–Crippen LogP) is 1.84. The van der Waals surface area contributed by atoms with Crippen LogP contribution < -0.4 is 4.89 Å². The van der Waals surface area contributed by atoms with Crippen LogP contribution in [0.15, 0.2) is 30.3 Å². The second-order valence-electron chi connectivity index (χ2n) is 2.67. The molecule has 0 bridgehead atoms. The van der Waals surface area contributed by atoms with Gasteiger partial charge in [-0.15, -0.1) is 0 Å². The van der Waals surface area contributed by atoms with Gasteiger partial charge in [-0.3, -0.25) is 4.55 Å². The van der Waals surface area contributed by atoms with E-state index in [2.05, 4.69) is 9.22 Å². The second-order valence-corrected chi connectivity index (χ2v) is 3.67. The van der Waals surface area contributed by atoms with E-state index in [4.69, 9.17) is 9.29 Å². The van der Waals surface area contributed by atoms with Gasteiger partial charge in [0.25, 0.3) is 0 Å². The average molecular weight is 264 g/mol. The van der Waals surface area contributed by atoms with E-state index in [1.54, 1.807) is 18.2 Å². The van der Waals surface area contributed by atoms with Gasteiger partial charge >= 0.3 is 10.4 Å². The Balaban J connectivity index is 0.000000437. The minimum atomic E-state index is -4.54. The summed E-state index contributed by atoms with van der Waals surface area (Å²) >= 11 is 0. The second kappa shape index (κ2) is 8.94. The normalized spacial score (nSPS) is 10.3. The highest BCUT2D eigenvalue weighted by molar-refractivity contribution is 7.80. The summed E-state index contributed by atoms with van der Waals surface area (Å²) in [7, 11) is -4.54. The van der Waals surface area contributed by atoms with Crippen molar-refractivity contribution in [3.05, 3.63) is 30.3 Å². The van der Waals surface area contributed by atoms with Gasteiger partial charge in [-0.1, -0.05) is 18.2 Å². The zero-order valence-corrected chi connectivity index (χ0v) is 10.5. The van der Waals surface area contributed by atoms with Crippen LogP contribution in [0.1, 0.15) is 13.8 Å². The van der Waals surface area contributed by atoms with Crippen LogP contribution in [0.4, 0.5) is 0 Å². The summed E-state index contributed by atoms with van der Waals surface area (Å²) in [5.74, 6) is 0.190. The lowest BCUT2D eigenvalue weighted by Gasteiger charge is -1.99. The SMILES string of the molecule is CCOCC.O=S(=O)(O)OOc1ccccc1. The first-order valence-electron chi connectivity index (χ1n) is 4.96. The Kier molecular flexibility index (Phi) is 8.34. The van der Waals surface area contributed by atoms with Gasteiger partial charge in [-0.2, -0.15) is 8.42 Å². The molecule has 1 aromatic rings. The number of para-hydroxylation sites is 1. The van der Waals surface area contributed by atoms with Crippen LogP contribution in [0.5, 0.6) is 5.75 Å². The first kappa shape index (κ1) is 15.9. The lowest BCUT2D eigenvalue weighted by molar-refractivity contribution is -0.102. The molecule has 0 spiro atoms. The summed E-state index contributed by atoms with van der Waals surface area (Å²) in [5.41, 5.74) is 0. The van der Waals surface area contributed by atoms with Gasteiger partial charge in [0.05, 0.1) is 0 Å². The Labute approximate surface area is 101 Å². The van der Waals surface area contributed by atoms with Gasteiger partial charge in [0.2, 0.25) is 0 Å². The van der Waals surface area contributed by atoms with Crippen LogP contribution in [0, 0.1) is 0 Å². The zero-order chi connectivity index (χ0) is 13.1. The molecule has 6 nitrogen and oxygen atoms in total. The molecule has 7 heteroatoms. The average Bonchev–Trinajstić information content (AvgIpc) is 2.29. The maximum atomic E-state index is 10.0. The highest BCUT2D eigenvalue weighted by Crippen LogP contribution is 2.09. The highest BCUT2D eigenvalue weighted by Gasteiger charge is 2.05. The molecule has 0 fully saturated rings. The van der Waals surface area contributed by atoms with Gasteiger partial charge in [-0.25, -0.2) is 0 Å². The molecule has 0 saturated carbocycles. The van der Waals surface area contributed by atoms with Gasteiger partial charge in [0.1, 0.15) is 0 Å². The molecular formula is C10H16O6S. The van der Waals surface area contributed by atoms with Crippen molar-refractivity contribution in [1.29, 1.82) is 0 Å². The monoisotopic (exact) mass is 264 g/mol. The largest absolute Gasteiger partial charge is 0.432 e. The number of ether oxygens (including phenoxy) is 1. The minimum absolute atomic E-state index is 0.190. The third kappa shape index (κ3) is 11.1.